The SMILES string of the molecule is CC(C)(C)OC(=O)N1C2CCC1CC(O)(c1c(F)c(F)cc(F)c1F)C2. The van der Waals surface area contributed by atoms with E-state index >= 15 is 0 Å². The number of amides is 1. The summed E-state index contributed by atoms with van der Waals surface area (Å²) in [6, 6.07) is -0.945. The van der Waals surface area contributed by atoms with E-state index in [0.29, 0.717) is 12.8 Å². The normalized spacial score (nSPS) is 28.4. The molecule has 0 saturated carbocycles. The molecule has 0 spiro atoms. The van der Waals surface area contributed by atoms with Crippen LogP contribution in [0.2, 0.25) is 0 Å². The minimum absolute atomic E-state index is 0.113. The van der Waals surface area contributed by atoms with E-state index in [1.165, 1.54) is 4.90 Å². The number of hydrogen-bond acceptors (Lipinski definition) is 3. The topological polar surface area (TPSA) is 49.8 Å². The molecule has 2 aliphatic heterocycles. The quantitative estimate of drug-likeness (QED) is 0.596. The second-order valence-corrected chi connectivity index (χ2v) is 8.06. The highest BCUT2D eigenvalue weighted by atomic mass is 19.2. The molecule has 144 valence electrons. The molecule has 1 N–H and O–H groups in total. The summed E-state index contributed by atoms with van der Waals surface area (Å²) in [5.74, 6) is -6.32. The van der Waals surface area contributed by atoms with E-state index in [9.17, 15) is 27.5 Å². The van der Waals surface area contributed by atoms with Gasteiger partial charge in [-0.25, -0.2) is 22.4 Å². The van der Waals surface area contributed by atoms with Gasteiger partial charge < -0.3 is 14.7 Å². The van der Waals surface area contributed by atoms with E-state index in [-0.39, 0.29) is 18.9 Å². The van der Waals surface area contributed by atoms with Crippen molar-refractivity contribution in [1.29, 1.82) is 0 Å². The first kappa shape index (κ1) is 18.9. The lowest BCUT2D eigenvalue weighted by Gasteiger charge is -2.44. The van der Waals surface area contributed by atoms with Gasteiger partial charge in [-0.3, -0.25) is 0 Å². The van der Waals surface area contributed by atoms with Crippen molar-refractivity contribution in [3.63, 3.8) is 0 Å². The van der Waals surface area contributed by atoms with Crippen LogP contribution in [-0.2, 0) is 10.3 Å². The Balaban J connectivity index is 1.93. The summed E-state index contributed by atoms with van der Waals surface area (Å²) in [5.41, 5.74) is -3.81. The zero-order valence-corrected chi connectivity index (χ0v) is 14.8. The van der Waals surface area contributed by atoms with Gasteiger partial charge in [0.1, 0.15) is 5.60 Å². The number of hydrogen-bond donors (Lipinski definition) is 1. The van der Waals surface area contributed by atoms with E-state index in [1.54, 1.807) is 20.8 Å². The predicted molar refractivity (Wildman–Crippen MR) is 84.3 cm³/mol. The molecule has 0 aliphatic carbocycles. The van der Waals surface area contributed by atoms with Gasteiger partial charge in [0, 0.05) is 31.0 Å². The van der Waals surface area contributed by atoms with E-state index < -0.39 is 58.2 Å². The van der Waals surface area contributed by atoms with Crippen molar-refractivity contribution in [3.05, 3.63) is 34.9 Å². The van der Waals surface area contributed by atoms with Gasteiger partial charge in [-0.1, -0.05) is 0 Å². The third-order valence-electron chi connectivity index (χ3n) is 4.95. The van der Waals surface area contributed by atoms with E-state index in [2.05, 4.69) is 0 Å². The van der Waals surface area contributed by atoms with Gasteiger partial charge in [-0.05, 0) is 33.6 Å². The van der Waals surface area contributed by atoms with E-state index in [0.717, 1.165) is 0 Å². The van der Waals surface area contributed by atoms with E-state index in [1.807, 2.05) is 0 Å². The second kappa shape index (κ2) is 6.11. The summed E-state index contributed by atoms with van der Waals surface area (Å²) in [4.78, 5) is 13.9. The van der Waals surface area contributed by atoms with Crippen LogP contribution in [0.3, 0.4) is 0 Å². The molecule has 1 amide bonds. The number of nitrogens with zero attached hydrogens (tertiary/aromatic N) is 1. The molecule has 2 saturated heterocycles. The van der Waals surface area contributed by atoms with Gasteiger partial charge in [-0.15, -0.1) is 0 Å². The van der Waals surface area contributed by atoms with Crippen LogP contribution in [0.25, 0.3) is 0 Å². The molecule has 2 unspecified atom stereocenters. The van der Waals surface area contributed by atoms with Crippen molar-refractivity contribution in [1.82, 2.24) is 4.90 Å². The standard InChI is InChI=1S/C18H21F4NO3/c1-17(2,3)26-16(24)23-9-4-5-10(23)8-18(25,7-9)13-14(21)11(19)6-12(20)15(13)22/h6,9-10,25H,4-5,7-8H2,1-3H3. The summed E-state index contributed by atoms with van der Waals surface area (Å²) < 4.78 is 60.8. The average Bonchev–Trinajstić information content (AvgIpc) is 2.77. The van der Waals surface area contributed by atoms with Crippen LogP contribution < -0.4 is 0 Å². The molecule has 26 heavy (non-hydrogen) atoms. The maximum Gasteiger partial charge on any atom is 0.410 e. The van der Waals surface area contributed by atoms with Crippen molar-refractivity contribution in [2.24, 2.45) is 0 Å². The maximum absolute atomic E-state index is 14.2. The Hall–Kier alpha value is -1.83. The molecule has 3 rings (SSSR count). The molecule has 2 bridgehead atoms. The number of rotatable bonds is 1. The van der Waals surface area contributed by atoms with Gasteiger partial charge in [-0.2, -0.15) is 0 Å². The highest BCUT2D eigenvalue weighted by Gasteiger charge is 2.53. The number of ether oxygens (including phenoxy) is 1. The molecule has 1 aromatic carbocycles. The summed E-state index contributed by atoms with van der Waals surface area (Å²) in [7, 11) is 0. The van der Waals surface area contributed by atoms with Crippen LogP contribution in [-0.4, -0.2) is 33.8 Å². The number of fused-ring (bicyclic) bond motifs is 2. The first-order valence-electron chi connectivity index (χ1n) is 8.50. The molecular formula is C18H21F4NO3. The highest BCUT2D eigenvalue weighted by molar-refractivity contribution is 5.69. The Morgan fingerprint density at radius 1 is 1.12 bits per heavy atom. The molecule has 2 fully saturated rings. The predicted octanol–water partition coefficient (Wildman–Crippen LogP) is 3.99. The fraction of sp³-hybridized carbons (Fsp3) is 0.611. The van der Waals surface area contributed by atoms with Gasteiger partial charge in [0.2, 0.25) is 0 Å². The number of halogens is 4. The molecule has 8 heteroatoms. The smallest absolute Gasteiger partial charge is 0.410 e. The molecule has 2 atom stereocenters. The van der Waals surface area contributed by atoms with Crippen LogP contribution in [0.1, 0.15) is 52.0 Å². The van der Waals surface area contributed by atoms with Gasteiger partial charge in [0.15, 0.2) is 23.3 Å². The second-order valence-electron chi connectivity index (χ2n) is 8.06. The minimum Gasteiger partial charge on any atom is -0.444 e. The number of piperidine rings is 1. The third kappa shape index (κ3) is 3.15. The van der Waals surface area contributed by atoms with Crippen molar-refractivity contribution < 1.29 is 32.2 Å². The first-order chi connectivity index (χ1) is 11.9. The Kier molecular flexibility index (Phi) is 4.45. The van der Waals surface area contributed by atoms with Crippen LogP contribution in [0.4, 0.5) is 22.4 Å². The summed E-state index contributed by atoms with van der Waals surface area (Å²) in [6.07, 6.45) is -0.00200. The lowest BCUT2D eigenvalue weighted by molar-refractivity contribution is -0.0664. The number of aliphatic hydroxyl groups is 1. The molecule has 2 heterocycles. The highest BCUT2D eigenvalue weighted by Crippen LogP contribution is 2.47. The summed E-state index contributed by atoms with van der Waals surface area (Å²) in [5, 5.41) is 10.9. The monoisotopic (exact) mass is 375 g/mol. The first-order valence-corrected chi connectivity index (χ1v) is 8.50. The van der Waals surface area contributed by atoms with Crippen molar-refractivity contribution in [2.75, 3.05) is 0 Å². The van der Waals surface area contributed by atoms with Gasteiger partial charge in [0.25, 0.3) is 0 Å². The Morgan fingerprint density at radius 2 is 1.58 bits per heavy atom. The molecule has 0 radical (unpaired) electrons. The molecule has 1 aromatic rings. The Bertz CT molecular complexity index is 707. The number of carbonyl (C=O) groups is 1. The zero-order valence-electron chi connectivity index (χ0n) is 14.8. The number of benzene rings is 1. The van der Waals surface area contributed by atoms with Crippen molar-refractivity contribution >= 4 is 6.09 Å². The van der Waals surface area contributed by atoms with Crippen molar-refractivity contribution in [3.8, 4) is 0 Å². The third-order valence-corrected chi connectivity index (χ3v) is 4.95. The van der Waals surface area contributed by atoms with E-state index in [4.69, 9.17) is 4.74 Å². The lowest BCUT2D eigenvalue weighted by Crippen LogP contribution is -2.53. The van der Waals surface area contributed by atoms with Crippen LogP contribution in [0, 0.1) is 23.3 Å². The molecule has 0 aromatic heterocycles. The molecule has 2 aliphatic rings. The van der Waals surface area contributed by atoms with Gasteiger partial charge in [0.05, 0.1) is 11.2 Å². The molecular weight excluding hydrogens is 354 g/mol. The average molecular weight is 375 g/mol. The zero-order chi connectivity index (χ0) is 19.4. The van der Waals surface area contributed by atoms with Crippen molar-refractivity contribution in [2.45, 2.75) is 69.7 Å². The van der Waals surface area contributed by atoms with Crippen LogP contribution in [0.5, 0.6) is 0 Å². The molecule has 4 nitrogen and oxygen atoms in total. The number of carbonyl (C=O) groups excluding carboxylic acids is 1. The summed E-state index contributed by atoms with van der Waals surface area (Å²) in [6.45, 7) is 5.15. The Labute approximate surface area is 148 Å². The maximum atomic E-state index is 14.2. The minimum atomic E-state index is -2.10. The fourth-order valence-corrected chi connectivity index (χ4v) is 4.02. The van der Waals surface area contributed by atoms with Crippen LogP contribution in [0.15, 0.2) is 6.07 Å². The fourth-order valence-electron chi connectivity index (χ4n) is 4.02. The summed E-state index contributed by atoms with van der Waals surface area (Å²) >= 11 is 0. The lowest BCUT2D eigenvalue weighted by atomic mass is 9.80. The van der Waals surface area contributed by atoms with Crippen LogP contribution >= 0.6 is 0 Å². The van der Waals surface area contributed by atoms with Gasteiger partial charge >= 0.3 is 6.09 Å². The largest absolute Gasteiger partial charge is 0.444 e. The Morgan fingerprint density at radius 3 is 2.00 bits per heavy atom.